The van der Waals surface area contributed by atoms with E-state index < -0.39 is 18.1 Å². The van der Waals surface area contributed by atoms with Crippen molar-refractivity contribution in [1.29, 1.82) is 10.5 Å². The van der Waals surface area contributed by atoms with Gasteiger partial charge in [0.15, 0.2) is 17.6 Å². The number of anilines is 1. The van der Waals surface area contributed by atoms with Gasteiger partial charge in [0, 0.05) is 13.1 Å². The van der Waals surface area contributed by atoms with Gasteiger partial charge in [0.1, 0.15) is 24.6 Å². The standard InChI is InChI=1S/C21H19FN10O2/c22-18-9-14(20(30-7-8-34-21(30)33)31-13-15(10-23)26-28-31)1-2-19(18)29-5-3-16(4-6-29)32-17(11-24)12-25-27-32/h1-2,9,12-13,16,20H,3-8H2/t20-/m1/s1. The lowest BCUT2D eigenvalue weighted by atomic mass is 10.0. The number of aromatic nitrogens is 6. The summed E-state index contributed by atoms with van der Waals surface area (Å²) in [6, 6.07) is 8.80. The maximum Gasteiger partial charge on any atom is 0.411 e. The quantitative estimate of drug-likeness (QED) is 0.552. The second-order valence-electron chi connectivity index (χ2n) is 7.98. The van der Waals surface area contributed by atoms with Crippen molar-refractivity contribution in [2.24, 2.45) is 0 Å². The van der Waals surface area contributed by atoms with Gasteiger partial charge in [-0.1, -0.05) is 16.5 Å². The third-order valence-electron chi connectivity index (χ3n) is 6.07. The highest BCUT2D eigenvalue weighted by Crippen LogP contribution is 2.32. The molecule has 3 aromatic rings. The van der Waals surface area contributed by atoms with Gasteiger partial charge in [-0.3, -0.25) is 4.90 Å². The number of piperidine rings is 1. The Bertz CT molecular complexity index is 1300. The zero-order valence-corrected chi connectivity index (χ0v) is 18.0. The number of halogens is 1. The average molecular weight is 462 g/mol. The molecule has 2 aromatic heterocycles. The molecule has 1 aromatic carbocycles. The van der Waals surface area contributed by atoms with Gasteiger partial charge in [-0.05, 0) is 30.5 Å². The van der Waals surface area contributed by atoms with Crippen molar-refractivity contribution in [1.82, 2.24) is 34.9 Å². The monoisotopic (exact) mass is 462 g/mol. The van der Waals surface area contributed by atoms with E-state index in [1.807, 2.05) is 11.0 Å². The van der Waals surface area contributed by atoms with Crippen LogP contribution in [-0.4, -0.2) is 67.2 Å². The van der Waals surface area contributed by atoms with Gasteiger partial charge in [0.05, 0.1) is 30.7 Å². The Morgan fingerprint density at radius 3 is 2.62 bits per heavy atom. The first-order valence-electron chi connectivity index (χ1n) is 10.7. The second kappa shape index (κ2) is 8.78. The van der Waals surface area contributed by atoms with Crippen LogP contribution in [0.5, 0.6) is 0 Å². The Morgan fingerprint density at radius 1 is 1.15 bits per heavy atom. The van der Waals surface area contributed by atoms with Crippen molar-refractivity contribution in [3.63, 3.8) is 0 Å². The topological polar surface area (TPSA) is 142 Å². The van der Waals surface area contributed by atoms with Gasteiger partial charge >= 0.3 is 6.09 Å². The first-order valence-corrected chi connectivity index (χ1v) is 10.7. The minimum atomic E-state index is -0.796. The lowest BCUT2D eigenvalue weighted by Crippen LogP contribution is -2.36. The van der Waals surface area contributed by atoms with Gasteiger partial charge in [-0.15, -0.1) is 10.2 Å². The van der Waals surface area contributed by atoms with E-state index in [1.165, 1.54) is 28.0 Å². The second-order valence-corrected chi connectivity index (χ2v) is 7.98. The summed E-state index contributed by atoms with van der Waals surface area (Å²) in [7, 11) is 0. The molecule has 0 N–H and O–H groups in total. The van der Waals surface area contributed by atoms with Gasteiger partial charge in [0.2, 0.25) is 0 Å². The SMILES string of the molecule is N#Cc1cn([C@H](c2ccc(N3CCC(n4nncc4C#N)CC3)c(F)c2)N2CCOC2=O)nn1. The minimum absolute atomic E-state index is 0.0305. The molecule has 4 heterocycles. The molecule has 0 radical (unpaired) electrons. The molecule has 12 nitrogen and oxygen atoms in total. The maximum absolute atomic E-state index is 15.3. The normalized spacial score (nSPS) is 17.3. The molecule has 2 aliphatic heterocycles. The number of rotatable bonds is 5. The van der Waals surface area contributed by atoms with Crippen LogP contribution < -0.4 is 4.90 Å². The highest BCUT2D eigenvalue weighted by atomic mass is 19.1. The molecule has 0 bridgehead atoms. The number of carbonyl (C=O) groups is 1. The maximum atomic E-state index is 15.3. The molecular weight excluding hydrogens is 443 g/mol. The fourth-order valence-corrected chi connectivity index (χ4v) is 4.44. The van der Waals surface area contributed by atoms with Crippen LogP contribution in [0.15, 0.2) is 30.6 Å². The molecule has 2 aliphatic rings. The van der Waals surface area contributed by atoms with Gasteiger partial charge in [-0.25, -0.2) is 18.5 Å². The van der Waals surface area contributed by atoms with E-state index in [9.17, 15) is 10.1 Å². The first-order chi connectivity index (χ1) is 16.6. The molecule has 1 atom stereocenters. The summed E-state index contributed by atoms with van der Waals surface area (Å²) in [6.07, 6.45) is 2.89. The van der Waals surface area contributed by atoms with Crippen molar-refractivity contribution >= 4 is 11.8 Å². The Labute approximate surface area is 193 Å². The van der Waals surface area contributed by atoms with Gasteiger partial charge < -0.3 is 9.64 Å². The summed E-state index contributed by atoms with van der Waals surface area (Å²) >= 11 is 0. The Kier molecular flexibility index (Phi) is 5.51. The summed E-state index contributed by atoms with van der Waals surface area (Å²) in [6.45, 7) is 1.68. The summed E-state index contributed by atoms with van der Waals surface area (Å²) in [5.41, 5.74) is 1.42. The van der Waals surface area contributed by atoms with E-state index in [-0.39, 0.29) is 18.3 Å². The molecule has 13 heteroatoms. The molecule has 2 fully saturated rings. The smallest absolute Gasteiger partial charge is 0.411 e. The third kappa shape index (κ3) is 3.77. The van der Waals surface area contributed by atoms with Crippen LogP contribution in [0.1, 0.15) is 42.0 Å². The Hall–Kier alpha value is -4.52. The van der Waals surface area contributed by atoms with Gasteiger partial charge in [0.25, 0.3) is 0 Å². The molecule has 172 valence electrons. The largest absolute Gasteiger partial charge is 0.447 e. The van der Waals surface area contributed by atoms with Gasteiger partial charge in [-0.2, -0.15) is 10.5 Å². The summed E-state index contributed by atoms with van der Waals surface area (Å²) < 4.78 is 23.4. The number of ether oxygens (including phenoxy) is 1. The van der Waals surface area contributed by atoms with E-state index >= 15 is 4.39 Å². The molecule has 34 heavy (non-hydrogen) atoms. The lowest BCUT2D eigenvalue weighted by Gasteiger charge is -2.34. The van der Waals surface area contributed by atoms with Crippen molar-refractivity contribution < 1.29 is 13.9 Å². The van der Waals surface area contributed by atoms with Crippen LogP contribution in [0.2, 0.25) is 0 Å². The number of nitrogens with zero attached hydrogens (tertiary/aromatic N) is 10. The summed E-state index contributed by atoms with van der Waals surface area (Å²) in [5.74, 6) is -0.437. The number of benzene rings is 1. The molecule has 0 aliphatic carbocycles. The van der Waals surface area contributed by atoms with Crippen molar-refractivity contribution in [3.8, 4) is 12.1 Å². The van der Waals surface area contributed by atoms with Crippen LogP contribution in [0.4, 0.5) is 14.9 Å². The van der Waals surface area contributed by atoms with Crippen LogP contribution in [0, 0.1) is 28.5 Å². The predicted molar refractivity (Wildman–Crippen MR) is 113 cm³/mol. The van der Waals surface area contributed by atoms with Crippen molar-refractivity contribution in [2.45, 2.75) is 25.0 Å². The highest BCUT2D eigenvalue weighted by molar-refractivity contribution is 5.70. The number of cyclic esters (lactones) is 1. The lowest BCUT2D eigenvalue weighted by molar-refractivity contribution is 0.139. The van der Waals surface area contributed by atoms with Crippen LogP contribution in [0.25, 0.3) is 0 Å². The fraction of sp³-hybridized carbons (Fsp3) is 0.381. The first kappa shape index (κ1) is 21.3. The Morgan fingerprint density at radius 2 is 1.97 bits per heavy atom. The van der Waals surface area contributed by atoms with Crippen LogP contribution in [-0.2, 0) is 4.74 Å². The fourth-order valence-electron chi connectivity index (χ4n) is 4.44. The highest BCUT2D eigenvalue weighted by Gasteiger charge is 2.34. The van der Waals surface area contributed by atoms with E-state index in [0.717, 1.165) is 0 Å². The zero-order valence-electron chi connectivity index (χ0n) is 18.0. The molecule has 0 saturated carbocycles. The molecule has 5 rings (SSSR count). The molecule has 2 saturated heterocycles. The van der Waals surface area contributed by atoms with E-state index in [0.29, 0.717) is 49.4 Å². The molecular formula is C21H19FN10O2. The Balaban J connectivity index is 1.37. The van der Waals surface area contributed by atoms with Crippen LogP contribution in [0.3, 0.4) is 0 Å². The van der Waals surface area contributed by atoms with E-state index in [4.69, 9.17) is 10.00 Å². The third-order valence-corrected chi connectivity index (χ3v) is 6.07. The number of hydrogen-bond donors (Lipinski definition) is 0. The molecule has 1 amide bonds. The van der Waals surface area contributed by atoms with E-state index in [1.54, 1.807) is 16.8 Å². The molecule has 0 unspecified atom stereocenters. The minimum Gasteiger partial charge on any atom is -0.447 e. The average Bonchev–Trinajstić information content (AvgIpc) is 3.61. The van der Waals surface area contributed by atoms with Crippen molar-refractivity contribution in [3.05, 3.63) is 53.4 Å². The number of carbonyl (C=O) groups excluding carboxylic acids is 1. The van der Waals surface area contributed by atoms with Crippen molar-refractivity contribution in [2.75, 3.05) is 31.1 Å². The summed E-state index contributed by atoms with van der Waals surface area (Å²) in [4.78, 5) is 15.6. The van der Waals surface area contributed by atoms with E-state index in [2.05, 4.69) is 26.7 Å². The number of hydrogen-bond acceptors (Lipinski definition) is 9. The predicted octanol–water partition coefficient (Wildman–Crippen LogP) is 1.59. The van der Waals surface area contributed by atoms with Crippen LogP contribution >= 0.6 is 0 Å². The molecule has 0 spiro atoms. The zero-order chi connectivity index (χ0) is 23.7. The number of amides is 1. The summed E-state index contributed by atoms with van der Waals surface area (Å²) in [5, 5.41) is 33.8. The number of nitriles is 2.